The largest absolute Gasteiger partial charge is 0.387 e. The van der Waals surface area contributed by atoms with Crippen LogP contribution in [0.2, 0.25) is 0 Å². The molecule has 0 unspecified atom stereocenters. The van der Waals surface area contributed by atoms with Gasteiger partial charge in [0.25, 0.3) is 0 Å². The standard InChI is InChI=1S/C10H15NO4/c1-2-7-9(13)10(5-14-10)4-6(15-7)3-8(11)12/h2,6-7,9,13H,1,3-5H2,(H2,11,12)/t6-,7-,9-,10-/m1/s1. The van der Waals surface area contributed by atoms with E-state index in [-0.39, 0.29) is 12.5 Å². The van der Waals surface area contributed by atoms with E-state index in [1.807, 2.05) is 0 Å². The molecule has 0 bridgehead atoms. The summed E-state index contributed by atoms with van der Waals surface area (Å²) in [6.07, 6.45) is 0.742. The first kappa shape index (κ1) is 10.6. The number of rotatable bonds is 3. The molecule has 5 heteroatoms. The van der Waals surface area contributed by atoms with Crippen molar-refractivity contribution in [3.63, 3.8) is 0 Å². The second kappa shape index (κ2) is 3.59. The number of aliphatic hydroxyl groups is 1. The van der Waals surface area contributed by atoms with Gasteiger partial charge in [-0.1, -0.05) is 6.08 Å². The quantitative estimate of drug-likeness (QED) is 0.481. The van der Waals surface area contributed by atoms with Gasteiger partial charge in [0.05, 0.1) is 19.1 Å². The molecule has 4 atom stereocenters. The zero-order valence-corrected chi connectivity index (χ0v) is 8.39. The Kier molecular flexibility index (Phi) is 2.54. The average molecular weight is 213 g/mol. The van der Waals surface area contributed by atoms with Crippen LogP contribution >= 0.6 is 0 Å². The van der Waals surface area contributed by atoms with Crippen molar-refractivity contribution < 1.29 is 19.4 Å². The SMILES string of the molecule is C=C[C@H]1O[C@H](CC(N)=O)C[C@@]2(CO2)[C@@H]1O. The number of hydrogen-bond acceptors (Lipinski definition) is 4. The van der Waals surface area contributed by atoms with Crippen molar-refractivity contribution in [1.82, 2.24) is 0 Å². The van der Waals surface area contributed by atoms with Gasteiger partial charge in [-0.05, 0) is 0 Å². The Bertz CT molecular complexity index is 287. The molecule has 1 amide bonds. The van der Waals surface area contributed by atoms with Gasteiger partial charge >= 0.3 is 0 Å². The Morgan fingerprint density at radius 1 is 1.73 bits per heavy atom. The van der Waals surface area contributed by atoms with Crippen LogP contribution in [0.15, 0.2) is 12.7 Å². The molecule has 3 N–H and O–H groups in total. The van der Waals surface area contributed by atoms with Gasteiger partial charge < -0.3 is 20.3 Å². The maximum atomic E-state index is 10.8. The lowest BCUT2D eigenvalue weighted by atomic mass is 9.88. The Labute approximate surface area is 87.8 Å². The first-order chi connectivity index (χ1) is 7.07. The molecule has 84 valence electrons. The molecular formula is C10H15NO4. The molecule has 0 aromatic heterocycles. The summed E-state index contributed by atoms with van der Waals surface area (Å²) >= 11 is 0. The van der Waals surface area contributed by atoms with E-state index in [1.54, 1.807) is 0 Å². The highest BCUT2D eigenvalue weighted by Gasteiger charge is 2.58. The van der Waals surface area contributed by atoms with Gasteiger partial charge in [0.2, 0.25) is 5.91 Å². The Morgan fingerprint density at radius 2 is 2.40 bits per heavy atom. The van der Waals surface area contributed by atoms with Crippen LogP contribution in [0.4, 0.5) is 0 Å². The molecule has 5 nitrogen and oxygen atoms in total. The van der Waals surface area contributed by atoms with Gasteiger partial charge in [0, 0.05) is 6.42 Å². The molecule has 2 saturated heterocycles. The van der Waals surface area contributed by atoms with E-state index in [0.717, 1.165) is 0 Å². The second-order valence-electron chi connectivity index (χ2n) is 4.13. The molecule has 0 aliphatic carbocycles. The second-order valence-corrected chi connectivity index (χ2v) is 4.13. The lowest BCUT2D eigenvalue weighted by Gasteiger charge is -2.36. The van der Waals surface area contributed by atoms with Crippen molar-refractivity contribution in [3.05, 3.63) is 12.7 Å². The van der Waals surface area contributed by atoms with Crippen LogP contribution in [0.25, 0.3) is 0 Å². The van der Waals surface area contributed by atoms with Crippen molar-refractivity contribution in [2.75, 3.05) is 6.61 Å². The summed E-state index contributed by atoms with van der Waals surface area (Å²) in [7, 11) is 0. The third kappa shape index (κ3) is 1.90. The minimum atomic E-state index is -0.695. The number of ether oxygens (including phenoxy) is 2. The van der Waals surface area contributed by atoms with Crippen molar-refractivity contribution in [1.29, 1.82) is 0 Å². The van der Waals surface area contributed by atoms with Crippen LogP contribution in [0, 0.1) is 0 Å². The average Bonchev–Trinajstić information content (AvgIpc) is 2.91. The summed E-state index contributed by atoms with van der Waals surface area (Å²) in [5, 5.41) is 9.87. The van der Waals surface area contributed by atoms with Crippen LogP contribution < -0.4 is 5.73 Å². The maximum absolute atomic E-state index is 10.8. The van der Waals surface area contributed by atoms with Gasteiger partial charge in [-0.15, -0.1) is 6.58 Å². The van der Waals surface area contributed by atoms with Gasteiger partial charge in [0.15, 0.2) is 0 Å². The van der Waals surface area contributed by atoms with Crippen LogP contribution in [0.1, 0.15) is 12.8 Å². The van der Waals surface area contributed by atoms with E-state index >= 15 is 0 Å². The summed E-state index contributed by atoms with van der Waals surface area (Å²) in [6, 6.07) is 0. The van der Waals surface area contributed by atoms with Gasteiger partial charge in [-0.2, -0.15) is 0 Å². The molecule has 2 heterocycles. The normalized spacial score (nSPS) is 43.9. The lowest BCUT2D eigenvalue weighted by molar-refractivity contribution is -0.143. The summed E-state index contributed by atoms with van der Waals surface area (Å²) in [6.45, 7) is 4.10. The molecule has 15 heavy (non-hydrogen) atoms. The van der Waals surface area contributed by atoms with Crippen molar-refractivity contribution >= 4 is 5.91 Å². The van der Waals surface area contributed by atoms with Gasteiger partial charge in [-0.3, -0.25) is 4.79 Å². The molecule has 0 radical (unpaired) electrons. The Hall–Kier alpha value is -0.910. The van der Waals surface area contributed by atoms with E-state index < -0.39 is 23.7 Å². The zero-order valence-electron chi connectivity index (χ0n) is 8.39. The number of aliphatic hydroxyl groups excluding tert-OH is 1. The molecule has 2 aliphatic rings. The summed E-state index contributed by atoms with van der Waals surface area (Å²) in [5.41, 5.74) is 4.58. The zero-order chi connectivity index (χ0) is 11.1. The first-order valence-electron chi connectivity index (χ1n) is 4.96. The number of hydrogen-bond donors (Lipinski definition) is 2. The van der Waals surface area contributed by atoms with E-state index in [4.69, 9.17) is 15.2 Å². The number of nitrogens with two attached hydrogens (primary N) is 1. The maximum Gasteiger partial charge on any atom is 0.220 e. The fraction of sp³-hybridized carbons (Fsp3) is 0.700. The molecule has 2 aliphatic heterocycles. The summed E-state index contributed by atoms with van der Waals surface area (Å²) in [4.78, 5) is 10.8. The molecular weight excluding hydrogens is 198 g/mol. The van der Waals surface area contributed by atoms with E-state index in [2.05, 4.69) is 6.58 Å². The fourth-order valence-electron chi connectivity index (χ4n) is 2.06. The number of carbonyl (C=O) groups is 1. The monoisotopic (exact) mass is 213 g/mol. The van der Waals surface area contributed by atoms with Crippen LogP contribution in [0.5, 0.6) is 0 Å². The van der Waals surface area contributed by atoms with Crippen LogP contribution in [-0.4, -0.2) is 41.5 Å². The van der Waals surface area contributed by atoms with E-state index in [9.17, 15) is 9.90 Å². The first-order valence-corrected chi connectivity index (χ1v) is 4.96. The smallest absolute Gasteiger partial charge is 0.220 e. The summed E-state index contributed by atoms with van der Waals surface area (Å²) in [5.74, 6) is -0.407. The number of amides is 1. The Balaban J connectivity index is 2.06. The third-order valence-corrected chi connectivity index (χ3v) is 2.95. The minimum absolute atomic E-state index is 0.155. The molecule has 0 saturated carbocycles. The fourth-order valence-corrected chi connectivity index (χ4v) is 2.06. The lowest BCUT2D eigenvalue weighted by Crippen LogP contribution is -2.50. The molecule has 0 aromatic rings. The van der Waals surface area contributed by atoms with Crippen LogP contribution in [-0.2, 0) is 14.3 Å². The van der Waals surface area contributed by atoms with Crippen molar-refractivity contribution in [3.8, 4) is 0 Å². The van der Waals surface area contributed by atoms with E-state index in [1.165, 1.54) is 6.08 Å². The third-order valence-electron chi connectivity index (χ3n) is 2.95. The number of epoxide rings is 1. The molecule has 0 aromatic carbocycles. The highest BCUT2D eigenvalue weighted by Crippen LogP contribution is 2.43. The minimum Gasteiger partial charge on any atom is -0.387 e. The topological polar surface area (TPSA) is 85.1 Å². The van der Waals surface area contributed by atoms with Gasteiger partial charge in [0.1, 0.15) is 17.8 Å². The summed E-state index contributed by atoms with van der Waals surface area (Å²) < 4.78 is 10.7. The molecule has 2 rings (SSSR count). The van der Waals surface area contributed by atoms with E-state index in [0.29, 0.717) is 13.0 Å². The van der Waals surface area contributed by atoms with Gasteiger partial charge in [-0.25, -0.2) is 0 Å². The number of carbonyl (C=O) groups excluding carboxylic acids is 1. The highest BCUT2D eigenvalue weighted by molar-refractivity contribution is 5.74. The van der Waals surface area contributed by atoms with Crippen molar-refractivity contribution in [2.24, 2.45) is 5.73 Å². The van der Waals surface area contributed by atoms with Crippen LogP contribution in [0.3, 0.4) is 0 Å². The predicted octanol–water partition coefficient (Wildman–Crippen LogP) is -0.665. The predicted molar refractivity (Wildman–Crippen MR) is 52.0 cm³/mol. The number of primary amides is 1. The Morgan fingerprint density at radius 3 is 2.87 bits per heavy atom. The molecule has 2 fully saturated rings. The van der Waals surface area contributed by atoms with Crippen molar-refractivity contribution in [2.45, 2.75) is 36.8 Å². The highest BCUT2D eigenvalue weighted by atomic mass is 16.6. The molecule has 1 spiro atoms.